The lowest BCUT2D eigenvalue weighted by molar-refractivity contribution is 0.388. The van der Waals surface area contributed by atoms with Gasteiger partial charge in [0, 0.05) is 0 Å². The van der Waals surface area contributed by atoms with Crippen molar-refractivity contribution in [1.29, 1.82) is 0 Å². The minimum atomic E-state index is 0.532. The van der Waals surface area contributed by atoms with E-state index in [1.165, 1.54) is 12.8 Å². The maximum Gasteiger partial charge on any atom is -0.00247 e. The number of allylic oxidation sites excluding steroid dienone is 4. The Balaban J connectivity index is 2.10. The molecule has 0 radical (unpaired) electrons. The van der Waals surface area contributed by atoms with E-state index in [2.05, 4.69) is 25.3 Å². The molecule has 2 aliphatic rings. The lowest BCUT2D eigenvalue weighted by atomic mass is 9.82. The molecule has 0 amide bonds. The van der Waals surface area contributed by atoms with Crippen molar-refractivity contribution in [2.75, 3.05) is 0 Å². The minimum absolute atomic E-state index is 0.532. The first-order chi connectivity index (χ1) is 5.85. The fourth-order valence-electron chi connectivity index (χ4n) is 2.71. The van der Waals surface area contributed by atoms with E-state index in [1.54, 1.807) is 0 Å². The molecule has 0 aliphatic heterocycles. The third kappa shape index (κ3) is 1.06. The first-order valence-corrected chi connectivity index (χ1v) is 4.78. The summed E-state index contributed by atoms with van der Waals surface area (Å²) in [4.78, 5) is 0. The zero-order valence-electron chi connectivity index (χ0n) is 7.45. The molecule has 3 unspecified atom stereocenters. The minimum Gasteiger partial charge on any atom is -0.102 e. The molecule has 0 nitrogen and oxygen atoms in total. The molecule has 0 N–H and O–H groups in total. The van der Waals surface area contributed by atoms with Gasteiger partial charge in [-0.1, -0.05) is 24.3 Å². The van der Waals surface area contributed by atoms with Gasteiger partial charge in [0.25, 0.3) is 0 Å². The molecule has 1 saturated carbocycles. The Morgan fingerprint density at radius 2 is 1.92 bits per heavy atom. The van der Waals surface area contributed by atoms with E-state index in [1.807, 2.05) is 12.2 Å². The molecule has 2 rings (SSSR count). The highest BCUT2D eigenvalue weighted by Crippen LogP contribution is 2.47. The molecule has 0 heteroatoms. The van der Waals surface area contributed by atoms with Crippen molar-refractivity contribution in [3.05, 3.63) is 37.5 Å². The van der Waals surface area contributed by atoms with E-state index in [0.717, 1.165) is 17.8 Å². The third-order valence-electron chi connectivity index (χ3n) is 3.37. The van der Waals surface area contributed by atoms with Crippen LogP contribution in [0.15, 0.2) is 37.5 Å². The topological polar surface area (TPSA) is 0 Å². The van der Waals surface area contributed by atoms with Crippen LogP contribution in [-0.4, -0.2) is 0 Å². The van der Waals surface area contributed by atoms with E-state index in [9.17, 15) is 0 Å². The van der Waals surface area contributed by atoms with Crippen LogP contribution in [0.5, 0.6) is 0 Å². The summed E-state index contributed by atoms with van der Waals surface area (Å²) in [5, 5.41) is 0. The van der Waals surface area contributed by atoms with Crippen LogP contribution < -0.4 is 0 Å². The zero-order valence-corrected chi connectivity index (χ0v) is 7.45. The molecule has 64 valence electrons. The molecule has 1 fully saturated rings. The van der Waals surface area contributed by atoms with Gasteiger partial charge in [-0.3, -0.25) is 0 Å². The van der Waals surface area contributed by atoms with Crippen LogP contribution in [0.1, 0.15) is 12.8 Å². The van der Waals surface area contributed by atoms with Crippen LogP contribution in [0.25, 0.3) is 0 Å². The Hall–Kier alpha value is -0.780. The molecular weight excluding hydrogens is 144 g/mol. The van der Waals surface area contributed by atoms with Crippen molar-refractivity contribution in [2.45, 2.75) is 12.8 Å². The van der Waals surface area contributed by atoms with E-state index < -0.39 is 0 Å². The quantitative estimate of drug-likeness (QED) is 0.556. The van der Waals surface area contributed by atoms with Gasteiger partial charge in [0.1, 0.15) is 0 Å². The zero-order chi connectivity index (χ0) is 8.55. The van der Waals surface area contributed by atoms with Crippen LogP contribution in [0.4, 0.5) is 0 Å². The molecule has 0 saturated heterocycles. The van der Waals surface area contributed by atoms with Gasteiger partial charge >= 0.3 is 0 Å². The number of hydrogen-bond acceptors (Lipinski definition) is 0. The monoisotopic (exact) mass is 160 g/mol. The first kappa shape index (κ1) is 7.85. The summed E-state index contributed by atoms with van der Waals surface area (Å²) in [5.41, 5.74) is 0. The standard InChI is InChI=1S/C12H16/c1-3-10(4-2)12-8-9-5-6-11(12)7-9/h3-6,9-12H,1-2,7-8H2. The Morgan fingerprint density at radius 3 is 2.33 bits per heavy atom. The van der Waals surface area contributed by atoms with Crippen molar-refractivity contribution in [3.8, 4) is 0 Å². The van der Waals surface area contributed by atoms with Crippen LogP contribution >= 0.6 is 0 Å². The van der Waals surface area contributed by atoms with Gasteiger partial charge < -0.3 is 0 Å². The maximum atomic E-state index is 3.86. The van der Waals surface area contributed by atoms with E-state index in [0.29, 0.717) is 5.92 Å². The fourth-order valence-corrected chi connectivity index (χ4v) is 2.71. The predicted octanol–water partition coefficient (Wildman–Crippen LogP) is 3.19. The van der Waals surface area contributed by atoms with Crippen molar-refractivity contribution in [1.82, 2.24) is 0 Å². The summed E-state index contributed by atoms with van der Waals surface area (Å²) in [7, 11) is 0. The van der Waals surface area contributed by atoms with Gasteiger partial charge in [0.05, 0.1) is 0 Å². The molecule has 2 aliphatic carbocycles. The van der Waals surface area contributed by atoms with E-state index >= 15 is 0 Å². The second-order valence-corrected chi connectivity index (χ2v) is 3.99. The van der Waals surface area contributed by atoms with Crippen molar-refractivity contribution in [2.24, 2.45) is 23.7 Å². The summed E-state index contributed by atoms with van der Waals surface area (Å²) in [6, 6.07) is 0. The second-order valence-electron chi connectivity index (χ2n) is 3.99. The van der Waals surface area contributed by atoms with Gasteiger partial charge in [0.2, 0.25) is 0 Å². The molecule has 0 aromatic heterocycles. The van der Waals surface area contributed by atoms with Crippen LogP contribution in [0, 0.1) is 23.7 Å². The molecule has 0 aromatic carbocycles. The molecule has 12 heavy (non-hydrogen) atoms. The summed E-state index contributed by atoms with van der Waals surface area (Å²) >= 11 is 0. The lowest BCUT2D eigenvalue weighted by Gasteiger charge is -2.22. The second kappa shape index (κ2) is 2.93. The van der Waals surface area contributed by atoms with Crippen LogP contribution in [-0.2, 0) is 0 Å². The average Bonchev–Trinajstić information content (AvgIpc) is 2.67. The molecule has 2 bridgehead atoms. The summed E-state index contributed by atoms with van der Waals surface area (Å²) in [6.07, 6.45) is 11.6. The first-order valence-electron chi connectivity index (χ1n) is 4.78. The van der Waals surface area contributed by atoms with Gasteiger partial charge in [0.15, 0.2) is 0 Å². The summed E-state index contributed by atoms with van der Waals surface area (Å²) in [5.74, 6) is 3.01. The lowest BCUT2D eigenvalue weighted by Crippen LogP contribution is -2.15. The number of hydrogen-bond donors (Lipinski definition) is 0. The van der Waals surface area contributed by atoms with Gasteiger partial charge in [-0.05, 0) is 36.5 Å². The van der Waals surface area contributed by atoms with Gasteiger partial charge in [-0.15, -0.1) is 13.2 Å². The SMILES string of the molecule is C=CC(C=C)C1CC2C=CC1C2. The van der Waals surface area contributed by atoms with Crippen molar-refractivity contribution >= 4 is 0 Å². The highest BCUT2D eigenvalue weighted by atomic mass is 14.4. The van der Waals surface area contributed by atoms with Gasteiger partial charge in [-0.25, -0.2) is 0 Å². The highest BCUT2D eigenvalue weighted by molar-refractivity contribution is 5.14. The van der Waals surface area contributed by atoms with E-state index in [-0.39, 0.29) is 0 Å². The Bertz CT molecular complexity index is 216. The number of fused-ring (bicyclic) bond motifs is 2. The predicted molar refractivity (Wildman–Crippen MR) is 52.7 cm³/mol. The highest BCUT2D eigenvalue weighted by Gasteiger charge is 2.37. The third-order valence-corrected chi connectivity index (χ3v) is 3.37. The average molecular weight is 160 g/mol. The summed E-state index contributed by atoms with van der Waals surface area (Å²) in [6.45, 7) is 7.73. The molecule has 0 heterocycles. The van der Waals surface area contributed by atoms with E-state index in [4.69, 9.17) is 0 Å². The summed E-state index contributed by atoms with van der Waals surface area (Å²) < 4.78 is 0. The van der Waals surface area contributed by atoms with Crippen LogP contribution in [0.3, 0.4) is 0 Å². The normalized spacial score (nSPS) is 37.6. The van der Waals surface area contributed by atoms with Crippen molar-refractivity contribution in [3.63, 3.8) is 0 Å². The Morgan fingerprint density at radius 1 is 1.17 bits per heavy atom. The van der Waals surface area contributed by atoms with Gasteiger partial charge in [-0.2, -0.15) is 0 Å². The Labute approximate surface area is 74.7 Å². The largest absolute Gasteiger partial charge is 0.102 e. The molecule has 3 atom stereocenters. The molecule has 0 spiro atoms. The van der Waals surface area contributed by atoms with Crippen LogP contribution in [0.2, 0.25) is 0 Å². The molecule has 0 aromatic rings. The smallest absolute Gasteiger partial charge is 0.00247 e. The fraction of sp³-hybridized carbons (Fsp3) is 0.500. The Kier molecular flexibility index (Phi) is 1.92. The number of rotatable bonds is 3. The van der Waals surface area contributed by atoms with Crippen molar-refractivity contribution < 1.29 is 0 Å². The maximum absolute atomic E-state index is 3.86. The molecular formula is C12H16.